The zero-order valence-corrected chi connectivity index (χ0v) is 30.7. The van der Waals surface area contributed by atoms with Gasteiger partial charge in [0.1, 0.15) is 6.04 Å². The molecule has 0 bridgehead atoms. The van der Waals surface area contributed by atoms with E-state index in [4.69, 9.17) is 18.5 Å². The first kappa shape index (κ1) is 43.6. The van der Waals surface area contributed by atoms with E-state index in [0.717, 1.165) is 19.3 Å². The maximum absolute atomic E-state index is 14.6. The molecule has 0 aromatic heterocycles. The number of carbonyl (C=O) groups is 1. The summed E-state index contributed by atoms with van der Waals surface area (Å²) < 4.78 is 106. The third kappa shape index (κ3) is 16.7. The fraction of sp³-hybridized carbons (Fsp3) is 0.649. The van der Waals surface area contributed by atoms with Crippen LogP contribution < -0.4 is 9.61 Å². The Bertz CT molecular complexity index is 1270. The maximum Gasteiger partial charge on any atom is 0.459 e. The predicted molar refractivity (Wildman–Crippen MR) is 184 cm³/mol. The molecule has 50 heavy (non-hydrogen) atoms. The Hall–Kier alpha value is -2.53. The summed E-state index contributed by atoms with van der Waals surface area (Å²) in [5.74, 6) is -14.4. The van der Waals surface area contributed by atoms with Crippen molar-refractivity contribution < 1.29 is 49.8 Å². The van der Waals surface area contributed by atoms with Crippen LogP contribution in [0.25, 0.3) is 0 Å². The molecule has 0 fully saturated rings. The number of rotatable bonds is 28. The lowest BCUT2D eigenvalue weighted by atomic mass is 10.0. The number of carbonyl (C=O) groups excluding carboxylic acids is 1. The first-order chi connectivity index (χ1) is 24.0. The van der Waals surface area contributed by atoms with E-state index < -0.39 is 60.7 Å². The van der Waals surface area contributed by atoms with Crippen LogP contribution in [0.2, 0.25) is 0 Å². The van der Waals surface area contributed by atoms with Crippen molar-refractivity contribution in [1.29, 1.82) is 0 Å². The lowest BCUT2D eigenvalue weighted by molar-refractivity contribution is -0.149. The van der Waals surface area contributed by atoms with Gasteiger partial charge in [-0.05, 0) is 38.7 Å². The van der Waals surface area contributed by atoms with Gasteiger partial charge in [-0.1, -0.05) is 121 Å². The van der Waals surface area contributed by atoms with E-state index in [1.165, 1.54) is 70.6 Å². The Kier molecular flexibility index (Phi) is 21.5. The molecular formula is C37H55F5NO6P. The van der Waals surface area contributed by atoms with Crippen LogP contribution in [0.15, 0.2) is 30.3 Å². The second-order valence-electron chi connectivity index (χ2n) is 12.7. The summed E-state index contributed by atoms with van der Waals surface area (Å²) in [6.07, 6.45) is 16.8. The molecule has 0 radical (unpaired) electrons. The lowest BCUT2D eigenvalue weighted by Crippen LogP contribution is -2.40. The van der Waals surface area contributed by atoms with E-state index in [2.05, 4.69) is 12.0 Å². The Balaban J connectivity index is 1.88. The summed E-state index contributed by atoms with van der Waals surface area (Å²) in [6, 6.07) is 7.02. The van der Waals surface area contributed by atoms with Crippen molar-refractivity contribution in [3.8, 4) is 5.75 Å². The van der Waals surface area contributed by atoms with Crippen LogP contribution in [0, 0.1) is 29.1 Å². The Morgan fingerprint density at radius 3 is 1.68 bits per heavy atom. The molecule has 2 rings (SSSR count). The maximum atomic E-state index is 14.6. The van der Waals surface area contributed by atoms with Crippen molar-refractivity contribution >= 4 is 13.7 Å². The molecule has 13 heteroatoms. The van der Waals surface area contributed by atoms with Gasteiger partial charge in [0, 0.05) is 13.2 Å². The van der Waals surface area contributed by atoms with Crippen LogP contribution in [0.4, 0.5) is 22.0 Å². The topological polar surface area (TPSA) is 83.1 Å². The second kappa shape index (κ2) is 24.6. The molecule has 0 saturated heterocycles. The van der Waals surface area contributed by atoms with Crippen LogP contribution in [0.1, 0.15) is 123 Å². The number of benzene rings is 2. The summed E-state index contributed by atoms with van der Waals surface area (Å²) in [7, 11) is -4.98. The Morgan fingerprint density at radius 1 is 0.680 bits per heavy atom. The van der Waals surface area contributed by atoms with E-state index in [1.54, 1.807) is 44.2 Å². The molecular weight excluding hydrogens is 680 g/mol. The van der Waals surface area contributed by atoms with Gasteiger partial charge < -0.3 is 14.0 Å². The number of nitrogens with one attached hydrogen (secondary N) is 1. The van der Waals surface area contributed by atoms with Crippen LogP contribution in [-0.4, -0.2) is 37.9 Å². The number of ether oxygens (including phenoxy) is 2. The number of unbranched alkanes of at least 4 members (excludes halogenated alkanes) is 13. The van der Waals surface area contributed by atoms with Gasteiger partial charge in [0.25, 0.3) is 0 Å². The summed E-state index contributed by atoms with van der Waals surface area (Å²) in [5, 5.41) is 2.32. The largest absolute Gasteiger partial charge is 0.462 e. The van der Waals surface area contributed by atoms with Gasteiger partial charge >= 0.3 is 13.7 Å². The predicted octanol–water partition coefficient (Wildman–Crippen LogP) is 10.9. The fourth-order valence-electron chi connectivity index (χ4n) is 5.26. The molecule has 0 amide bonds. The monoisotopic (exact) mass is 735 g/mol. The summed E-state index contributed by atoms with van der Waals surface area (Å²) in [5.41, 5.74) is 0.588. The van der Waals surface area contributed by atoms with Gasteiger partial charge in [-0.2, -0.15) is 13.9 Å². The smallest absolute Gasteiger partial charge is 0.459 e. The van der Waals surface area contributed by atoms with E-state index in [0.29, 0.717) is 12.2 Å². The number of halogens is 5. The van der Waals surface area contributed by atoms with Gasteiger partial charge in [-0.15, -0.1) is 0 Å². The summed E-state index contributed by atoms with van der Waals surface area (Å²) in [6.45, 7) is 5.72. The van der Waals surface area contributed by atoms with Crippen molar-refractivity contribution in [3.05, 3.63) is 65.0 Å². The first-order valence-electron chi connectivity index (χ1n) is 18.0. The molecule has 2 aromatic rings. The van der Waals surface area contributed by atoms with Crippen LogP contribution in [0.3, 0.4) is 0 Å². The number of hydrogen-bond donors (Lipinski definition) is 1. The Labute approximate surface area is 294 Å². The highest BCUT2D eigenvalue weighted by Crippen LogP contribution is 2.47. The van der Waals surface area contributed by atoms with E-state index in [-0.39, 0.29) is 26.1 Å². The van der Waals surface area contributed by atoms with Crippen LogP contribution in [0.5, 0.6) is 5.75 Å². The molecule has 1 N–H and O–H groups in total. The normalized spacial score (nSPS) is 13.4. The van der Waals surface area contributed by atoms with Gasteiger partial charge in [-0.3, -0.25) is 9.32 Å². The Morgan fingerprint density at radius 2 is 1.16 bits per heavy atom. The minimum Gasteiger partial charge on any atom is -0.462 e. The first-order valence-corrected chi connectivity index (χ1v) is 19.6. The molecule has 7 nitrogen and oxygen atoms in total. The fourth-order valence-corrected chi connectivity index (χ4v) is 6.79. The van der Waals surface area contributed by atoms with E-state index >= 15 is 0 Å². The van der Waals surface area contributed by atoms with Gasteiger partial charge in [0.2, 0.25) is 34.8 Å². The van der Waals surface area contributed by atoms with Crippen molar-refractivity contribution in [1.82, 2.24) is 5.09 Å². The van der Waals surface area contributed by atoms with E-state index in [1.807, 2.05) is 0 Å². The molecule has 1 unspecified atom stereocenters. The zero-order chi connectivity index (χ0) is 36.8. The molecule has 0 aliphatic carbocycles. The number of esters is 1. The quantitative estimate of drug-likeness (QED) is 0.0233. The second-order valence-corrected chi connectivity index (χ2v) is 14.4. The molecule has 0 aliphatic heterocycles. The molecule has 2 aromatic carbocycles. The minimum atomic E-state index is -4.98. The van der Waals surface area contributed by atoms with Crippen molar-refractivity contribution in [2.75, 3.05) is 19.8 Å². The van der Waals surface area contributed by atoms with Gasteiger partial charge in [0.15, 0.2) is 0 Å². The minimum absolute atomic E-state index is 0.123. The van der Waals surface area contributed by atoms with Crippen LogP contribution in [-0.2, 0) is 29.8 Å². The highest BCUT2D eigenvalue weighted by Gasteiger charge is 2.38. The third-order valence-corrected chi connectivity index (χ3v) is 9.52. The highest BCUT2D eigenvalue weighted by molar-refractivity contribution is 7.52. The number of hydrogen-bond acceptors (Lipinski definition) is 6. The summed E-state index contributed by atoms with van der Waals surface area (Å²) in [4.78, 5) is 13.0. The molecule has 2 atom stereocenters. The molecule has 0 heterocycles. The van der Waals surface area contributed by atoms with E-state index in [9.17, 15) is 31.3 Å². The average Bonchev–Trinajstić information content (AvgIpc) is 3.09. The van der Waals surface area contributed by atoms with Crippen molar-refractivity contribution in [2.24, 2.45) is 0 Å². The van der Waals surface area contributed by atoms with Gasteiger partial charge in [0.05, 0.1) is 12.7 Å². The summed E-state index contributed by atoms with van der Waals surface area (Å²) >= 11 is 0. The zero-order valence-electron chi connectivity index (χ0n) is 29.8. The molecule has 0 saturated carbocycles. The van der Waals surface area contributed by atoms with Crippen molar-refractivity contribution in [3.63, 3.8) is 0 Å². The molecule has 0 spiro atoms. The van der Waals surface area contributed by atoms with Crippen molar-refractivity contribution in [2.45, 2.75) is 136 Å². The lowest BCUT2D eigenvalue weighted by Gasteiger charge is -2.25. The SMILES string of the molecule is CCCCCCCCCCCCCCCCOCCCOP(=O)(N[C@@H](Cc1ccccc1)C(=O)OC(C)C)Oc1c(F)c(F)c(F)c(F)c1F. The molecule has 0 aliphatic rings. The van der Waals surface area contributed by atoms with Gasteiger partial charge in [-0.25, -0.2) is 17.7 Å². The standard InChI is InChI=1S/C37H55F5NO6P/c1-4-5-6-7-8-9-10-11-12-13-14-15-16-20-24-46-25-21-26-47-50(45,49-36-34(41)32(39)31(38)33(40)35(36)42)43-30(37(44)48-28(2)3)27-29-22-18-17-19-23-29/h17-19,22-23,28,30H,4-16,20-21,24-27H2,1-3H3,(H,43,45)/t30-,50?/m0/s1. The highest BCUT2D eigenvalue weighted by atomic mass is 31.2. The third-order valence-electron chi connectivity index (χ3n) is 7.95. The molecule has 284 valence electrons. The average molecular weight is 736 g/mol. The van der Waals surface area contributed by atoms with Crippen LogP contribution >= 0.6 is 7.75 Å².